The van der Waals surface area contributed by atoms with Crippen molar-refractivity contribution >= 4 is 5.91 Å². The summed E-state index contributed by atoms with van der Waals surface area (Å²) in [7, 11) is 0. The summed E-state index contributed by atoms with van der Waals surface area (Å²) in [4.78, 5) is 15.1. The number of nitrogens with zero attached hydrogens (tertiary/aromatic N) is 5. The van der Waals surface area contributed by atoms with E-state index in [0.29, 0.717) is 5.56 Å². The molecule has 0 spiro atoms. The van der Waals surface area contributed by atoms with E-state index in [9.17, 15) is 4.79 Å². The summed E-state index contributed by atoms with van der Waals surface area (Å²) < 4.78 is 7.09. The van der Waals surface area contributed by atoms with Crippen molar-refractivity contribution in [2.24, 2.45) is 0 Å². The van der Waals surface area contributed by atoms with Crippen LogP contribution in [0.25, 0.3) is 5.69 Å². The van der Waals surface area contributed by atoms with E-state index in [-0.39, 0.29) is 11.9 Å². The van der Waals surface area contributed by atoms with Gasteiger partial charge in [-0.25, -0.2) is 0 Å². The average molecular weight is 337 g/mol. The fourth-order valence-corrected chi connectivity index (χ4v) is 3.58. The Bertz CT molecular complexity index is 881. The summed E-state index contributed by atoms with van der Waals surface area (Å²) in [6.45, 7) is 4.58. The quantitative estimate of drug-likeness (QED) is 0.734. The minimum atomic E-state index is 0.0253. The molecule has 1 unspecified atom stereocenters. The fourth-order valence-electron chi connectivity index (χ4n) is 3.58. The Morgan fingerprint density at radius 2 is 2.04 bits per heavy atom. The van der Waals surface area contributed by atoms with Crippen LogP contribution in [-0.4, -0.2) is 37.3 Å². The summed E-state index contributed by atoms with van der Waals surface area (Å²) in [5.74, 6) is 0.817. The van der Waals surface area contributed by atoms with Gasteiger partial charge in [-0.2, -0.15) is 0 Å². The Balaban J connectivity index is 1.65. The Morgan fingerprint density at radius 3 is 2.76 bits per heavy atom. The topological polar surface area (TPSA) is 77.0 Å². The van der Waals surface area contributed by atoms with E-state index in [1.165, 1.54) is 0 Å². The Hall–Kier alpha value is -2.96. The maximum Gasteiger partial charge on any atom is 0.254 e. The number of benzene rings is 1. The van der Waals surface area contributed by atoms with E-state index >= 15 is 0 Å². The highest BCUT2D eigenvalue weighted by atomic mass is 16.5. The van der Waals surface area contributed by atoms with Crippen molar-refractivity contribution in [3.63, 3.8) is 0 Å². The van der Waals surface area contributed by atoms with Crippen LogP contribution in [0.3, 0.4) is 0 Å². The summed E-state index contributed by atoms with van der Waals surface area (Å²) in [6, 6.07) is 7.55. The molecule has 7 nitrogen and oxygen atoms in total. The molecule has 3 aromatic rings. The minimum absolute atomic E-state index is 0.0253. The minimum Gasteiger partial charge on any atom is -0.361 e. The maximum absolute atomic E-state index is 13.1. The summed E-state index contributed by atoms with van der Waals surface area (Å²) >= 11 is 0. The zero-order valence-electron chi connectivity index (χ0n) is 14.2. The number of aromatic nitrogens is 4. The lowest BCUT2D eigenvalue weighted by molar-refractivity contribution is 0.0734. The van der Waals surface area contributed by atoms with Crippen molar-refractivity contribution in [1.82, 2.24) is 24.8 Å². The normalized spacial score (nSPS) is 17.2. The Morgan fingerprint density at radius 1 is 1.24 bits per heavy atom. The number of carbonyl (C=O) groups excluding carboxylic acids is 1. The molecule has 1 atom stereocenters. The van der Waals surface area contributed by atoms with Crippen LogP contribution in [0.4, 0.5) is 0 Å². The van der Waals surface area contributed by atoms with Crippen molar-refractivity contribution in [2.75, 3.05) is 6.54 Å². The lowest BCUT2D eigenvalue weighted by Crippen LogP contribution is -2.31. The van der Waals surface area contributed by atoms with Gasteiger partial charge in [-0.15, -0.1) is 10.2 Å². The first-order chi connectivity index (χ1) is 12.1. The molecule has 2 aromatic heterocycles. The van der Waals surface area contributed by atoms with Crippen LogP contribution in [0.5, 0.6) is 0 Å². The molecule has 3 heterocycles. The van der Waals surface area contributed by atoms with Crippen LogP contribution in [0.1, 0.15) is 46.3 Å². The van der Waals surface area contributed by atoms with Gasteiger partial charge in [-0.05, 0) is 44.9 Å². The molecule has 1 aliphatic rings. The van der Waals surface area contributed by atoms with E-state index < -0.39 is 0 Å². The number of aryl methyl sites for hydroxylation is 2. The van der Waals surface area contributed by atoms with Crippen LogP contribution in [0.15, 0.2) is 41.4 Å². The molecular weight excluding hydrogens is 318 g/mol. The van der Waals surface area contributed by atoms with Gasteiger partial charge in [0.2, 0.25) is 0 Å². The van der Waals surface area contributed by atoms with Crippen molar-refractivity contribution in [3.8, 4) is 5.69 Å². The van der Waals surface area contributed by atoms with Crippen molar-refractivity contribution in [2.45, 2.75) is 32.7 Å². The van der Waals surface area contributed by atoms with E-state index in [4.69, 9.17) is 4.52 Å². The molecule has 1 saturated heterocycles. The van der Waals surface area contributed by atoms with E-state index in [1.807, 2.05) is 43.0 Å². The number of carbonyl (C=O) groups is 1. The standard InChI is InChI=1S/C18H19N5O2/c1-12-17(13(2)25-21-12)16-7-4-8-23(16)18(24)14-5-3-6-15(9-14)22-10-19-20-11-22/h3,5-6,9-11,16H,4,7-8H2,1-2H3. The second-order valence-electron chi connectivity index (χ2n) is 6.31. The number of amides is 1. The van der Waals surface area contributed by atoms with Crippen LogP contribution in [0.2, 0.25) is 0 Å². The molecule has 4 rings (SSSR count). The van der Waals surface area contributed by atoms with Crippen LogP contribution >= 0.6 is 0 Å². The summed E-state index contributed by atoms with van der Waals surface area (Å²) in [5.41, 5.74) is 3.43. The van der Waals surface area contributed by atoms with Crippen molar-refractivity contribution < 1.29 is 9.32 Å². The average Bonchev–Trinajstić information content (AvgIpc) is 3.36. The fraction of sp³-hybridized carbons (Fsp3) is 0.333. The van der Waals surface area contributed by atoms with E-state index in [0.717, 1.165) is 42.1 Å². The molecule has 25 heavy (non-hydrogen) atoms. The summed E-state index contributed by atoms with van der Waals surface area (Å²) in [5, 5.41) is 11.7. The van der Waals surface area contributed by atoms with Gasteiger partial charge >= 0.3 is 0 Å². The van der Waals surface area contributed by atoms with Crippen LogP contribution in [0, 0.1) is 13.8 Å². The predicted octanol–water partition coefficient (Wildman–Crippen LogP) is 2.85. The van der Waals surface area contributed by atoms with Gasteiger partial charge in [0.1, 0.15) is 18.4 Å². The number of hydrogen-bond acceptors (Lipinski definition) is 5. The van der Waals surface area contributed by atoms with Gasteiger partial charge in [0.05, 0.1) is 11.7 Å². The van der Waals surface area contributed by atoms with Crippen LogP contribution < -0.4 is 0 Å². The molecule has 0 saturated carbocycles. The molecule has 0 radical (unpaired) electrons. The highest BCUT2D eigenvalue weighted by molar-refractivity contribution is 5.95. The first-order valence-electron chi connectivity index (χ1n) is 8.34. The highest BCUT2D eigenvalue weighted by Crippen LogP contribution is 2.36. The van der Waals surface area contributed by atoms with Crippen molar-refractivity contribution in [3.05, 3.63) is 59.5 Å². The molecule has 1 fully saturated rings. The third-order valence-corrected chi connectivity index (χ3v) is 4.75. The Labute approximate surface area is 145 Å². The number of likely N-dealkylation sites (tertiary alicyclic amines) is 1. The molecule has 0 bridgehead atoms. The second-order valence-corrected chi connectivity index (χ2v) is 6.31. The van der Waals surface area contributed by atoms with E-state index in [2.05, 4.69) is 15.4 Å². The van der Waals surface area contributed by atoms with Gasteiger partial charge in [0, 0.05) is 23.4 Å². The predicted molar refractivity (Wildman–Crippen MR) is 90.3 cm³/mol. The third kappa shape index (κ3) is 2.71. The lowest BCUT2D eigenvalue weighted by atomic mass is 10.0. The zero-order valence-corrected chi connectivity index (χ0v) is 14.2. The van der Waals surface area contributed by atoms with Gasteiger partial charge in [-0.3, -0.25) is 9.36 Å². The monoisotopic (exact) mass is 337 g/mol. The molecule has 0 aliphatic carbocycles. The van der Waals surface area contributed by atoms with Gasteiger partial charge in [0.15, 0.2) is 0 Å². The zero-order chi connectivity index (χ0) is 17.4. The second kappa shape index (κ2) is 6.16. The smallest absolute Gasteiger partial charge is 0.254 e. The molecular formula is C18H19N5O2. The molecule has 1 aliphatic heterocycles. The van der Waals surface area contributed by atoms with Gasteiger partial charge in [-0.1, -0.05) is 11.2 Å². The molecule has 1 aromatic carbocycles. The summed E-state index contributed by atoms with van der Waals surface area (Å²) in [6.07, 6.45) is 5.14. The number of hydrogen-bond donors (Lipinski definition) is 0. The number of rotatable bonds is 3. The van der Waals surface area contributed by atoms with Gasteiger partial charge in [0.25, 0.3) is 5.91 Å². The molecule has 0 N–H and O–H groups in total. The first-order valence-corrected chi connectivity index (χ1v) is 8.34. The molecule has 1 amide bonds. The van der Waals surface area contributed by atoms with Crippen LogP contribution in [-0.2, 0) is 0 Å². The van der Waals surface area contributed by atoms with Crippen molar-refractivity contribution in [1.29, 1.82) is 0 Å². The van der Waals surface area contributed by atoms with E-state index in [1.54, 1.807) is 17.2 Å². The third-order valence-electron chi connectivity index (χ3n) is 4.75. The molecule has 7 heteroatoms. The largest absolute Gasteiger partial charge is 0.361 e. The first kappa shape index (κ1) is 15.6. The maximum atomic E-state index is 13.1. The lowest BCUT2D eigenvalue weighted by Gasteiger charge is -2.25. The SMILES string of the molecule is Cc1noc(C)c1C1CCCN1C(=O)c1cccc(-n2cnnc2)c1. The Kier molecular flexibility index (Phi) is 3.83. The van der Waals surface area contributed by atoms with Gasteiger partial charge < -0.3 is 9.42 Å². The highest BCUT2D eigenvalue weighted by Gasteiger charge is 2.34. The molecule has 128 valence electrons.